The highest BCUT2D eigenvalue weighted by molar-refractivity contribution is 5.47. The van der Waals surface area contributed by atoms with E-state index in [1.807, 2.05) is 6.07 Å². The average molecular weight is 251 g/mol. The number of aliphatic hydroxyl groups excluding tert-OH is 1. The first kappa shape index (κ1) is 13.3. The van der Waals surface area contributed by atoms with Crippen LogP contribution in [0.4, 0.5) is 10.1 Å². The van der Waals surface area contributed by atoms with Gasteiger partial charge in [-0.05, 0) is 30.4 Å². The first-order valence-corrected chi connectivity index (χ1v) is 6.72. The van der Waals surface area contributed by atoms with Crippen LogP contribution in [0, 0.1) is 17.7 Å². The maximum Gasteiger partial charge on any atom is 0.146 e. The molecule has 1 aliphatic rings. The van der Waals surface area contributed by atoms with Crippen molar-refractivity contribution in [3.63, 3.8) is 0 Å². The lowest BCUT2D eigenvalue weighted by molar-refractivity contribution is 0.0922. The summed E-state index contributed by atoms with van der Waals surface area (Å²) in [4.78, 5) is 0. The highest BCUT2D eigenvalue weighted by Crippen LogP contribution is 2.40. The van der Waals surface area contributed by atoms with Gasteiger partial charge in [0, 0.05) is 0 Å². The fourth-order valence-corrected chi connectivity index (χ4v) is 3.03. The number of anilines is 1. The molecule has 3 unspecified atom stereocenters. The van der Waals surface area contributed by atoms with E-state index in [-0.39, 0.29) is 18.0 Å². The van der Waals surface area contributed by atoms with E-state index in [9.17, 15) is 9.50 Å². The van der Waals surface area contributed by atoms with Crippen molar-refractivity contribution in [1.29, 1.82) is 0 Å². The van der Waals surface area contributed by atoms with Gasteiger partial charge in [0.05, 0.1) is 17.8 Å². The Kier molecular flexibility index (Phi) is 3.91. The Morgan fingerprint density at radius 1 is 1.39 bits per heavy atom. The zero-order valence-corrected chi connectivity index (χ0v) is 11.1. The van der Waals surface area contributed by atoms with Crippen LogP contribution in [0.15, 0.2) is 24.3 Å². The highest BCUT2D eigenvalue weighted by Gasteiger charge is 2.41. The van der Waals surface area contributed by atoms with Gasteiger partial charge in [-0.25, -0.2) is 4.39 Å². The van der Waals surface area contributed by atoms with E-state index in [1.165, 1.54) is 12.5 Å². The Hall–Kier alpha value is -1.09. The molecule has 0 aromatic heterocycles. The largest absolute Gasteiger partial charge is 0.394 e. The highest BCUT2D eigenvalue weighted by atomic mass is 19.1. The van der Waals surface area contributed by atoms with Crippen molar-refractivity contribution in [2.75, 3.05) is 11.9 Å². The molecule has 0 aliphatic heterocycles. The van der Waals surface area contributed by atoms with E-state index in [0.717, 1.165) is 12.8 Å². The van der Waals surface area contributed by atoms with E-state index in [2.05, 4.69) is 19.2 Å². The third-order valence-corrected chi connectivity index (χ3v) is 4.55. The van der Waals surface area contributed by atoms with Crippen molar-refractivity contribution >= 4 is 5.69 Å². The Labute approximate surface area is 108 Å². The van der Waals surface area contributed by atoms with E-state index in [0.29, 0.717) is 17.5 Å². The average Bonchev–Trinajstić information content (AvgIpc) is 2.38. The summed E-state index contributed by atoms with van der Waals surface area (Å²) >= 11 is 0. The number of rotatable bonds is 3. The summed E-state index contributed by atoms with van der Waals surface area (Å²) < 4.78 is 13.7. The van der Waals surface area contributed by atoms with Crippen molar-refractivity contribution in [1.82, 2.24) is 0 Å². The molecular formula is C15H22FNO. The van der Waals surface area contributed by atoms with E-state index in [1.54, 1.807) is 12.1 Å². The summed E-state index contributed by atoms with van der Waals surface area (Å²) in [5, 5.41) is 13.1. The number of aliphatic hydroxyl groups is 1. The minimum Gasteiger partial charge on any atom is -0.394 e. The molecule has 2 nitrogen and oxygen atoms in total. The van der Waals surface area contributed by atoms with Crippen LogP contribution in [-0.2, 0) is 0 Å². The zero-order chi connectivity index (χ0) is 13.2. The molecular weight excluding hydrogens is 229 g/mol. The third kappa shape index (κ3) is 2.37. The van der Waals surface area contributed by atoms with Gasteiger partial charge in [0.25, 0.3) is 0 Å². The van der Waals surface area contributed by atoms with Gasteiger partial charge in [-0.15, -0.1) is 0 Å². The lowest BCUT2D eigenvalue weighted by atomic mass is 9.68. The second kappa shape index (κ2) is 5.27. The second-order valence-corrected chi connectivity index (χ2v) is 5.58. The molecule has 2 rings (SSSR count). The van der Waals surface area contributed by atoms with Crippen LogP contribution in [0.1, 0.15) is 33.1 Å². The molecule has 18 heavy (non-hydrogen) atoms. The third-order valence-electron chi connectivity index (χ3n) is 4.55. The fourth-order valence-electron chi connectivity index (χ4n) is 3.03. The lowest BCUT2D eigenvalue weighted by Gasteiger charge is -2.46. The van der Waals surface area contributed by atoms with Crippen molar-refractivity contribution in [2.24, 2.45) is 11.8 Å². The van der Waals surface area contributed by atoms with Crippen molar-refractivity contribution < 1.29 is 9.50 Å². The molecule has 0 radical (unpaired) electrons. The summed E-state index contributed by atoms with van der Waals surface area (Å²) in [6.07, 6.45) is 3.15. The molecule has 1 aromatic rings. The van der Waals surface area contributed by atoms with Gasteiger partial charge in [0.15, 0.2) is 0 Å². The molecule has 0 bridgehead atoms. The van der Waals surface area contributed by atoms with Crippen LogP contribution in [0.2, 0.25) is 0 Å². The van der Waals surface area contributed by atoms with Gasteiger partial charge in [-0.3, -0.25) is 0 Å². The molecule has 1 aromatic carbocycles. The van der Waals surface area contributed by atoms with E-state index in [4.69, 9.17) is 0 Å². The molecule has 1 fully saturated rings. The Bertz CT molecular complexity index is 409. The molecule has 1 saturated carbocycles. The predicted octanol–water partition coefficient (Wildman–Crippen LogP) is 3.42. The van der Waals surface area contributed by atoms with Gasteiger partial charge in [-0.1, -0.05) is 38.8 Å². The smallest absolute Gasteiger partial charge is 0.146 e. The van der Waals surface area contributed by atoms with Gasteiger partial charge >= 0.3 is 0 Å². The Morgan fingerprint density at radius 3 is 2.78 bits per heavy atom. The molecule has 100 valence electrons. The minimum atomic E-state index is -0.389. The summed E-state index contributed by atoms with van der Waals surface area (Å²) in [6.45, 7) is 4.40. The fraction of sp³-hybridized carbons (Fsp3) is 0.600. The van der Waals surface area contributed by atoms with Crippen molar-refractivity contribution in [3.05, 3.63) is 30.1 Å². The number of para-hydroxylation sites is 1. The molecule has 3 heteroatoms. The molecule has 3 atom stereocenters. The van der Waals surface area contributed by atoms with E-state index < -0.39 is 0 Å². The normalized spacial score (nSPS) is 32.2. The summed E-state index contributed by atoms with van der Waals surface area (Å²) in [6, 6.07) is 6.68. The van der Waals surface area contributed by atoms with Gasteiger partial charge in [-0.2, -0.15) is 0 Å². The van der Waals surface area contributed by atoms with Gasteiger partial charge in [0.1, 0.15) is 5.82 Å². The maximum absolute atomic E-state index is 13.7. The summed E-state index contributed by atoms with van der Waals surface area (Å²) in [5.41, 5.74) is 0.104. The molecule has 1 aliphatic carbocycles. The quantitative estimate of drug-likeness (QED) is 0.862. The molecule has 0 saturated heterocycles. The topological polar surface area (TPSA) is 32.3 Å². The van der Waals surface area contributed by atoms with Crippen LogP contribution in [0.3, 0.4) is 0 Å². The molecule has 0 amide bonds. The summed E-state index contributed by atoms with van der Waals surface area (Å²) in [5.74, 6) is 0.622. The second-order valence-electron chi connectivity index (χ2n) is 5.58. The van der Waals surface area contributed by atoms with Crippen LogP contribution < -0.4 is 5.32 Å². The molecule has 0 spiro atoms. The molecule has 0 heterocycles. The number of halogens is 1. The van der Waals surface area contributed by atoms with Crippen LogP contribution in [0.25, 0.3) is 0 Å². The van der Waals surface area contributed by atoms with E-state index >= 15 is 0 Å². The van der Waals surface area contributed by atoms with Crippen molar-refractivity contribution in [2.45, 2.75) is 38.6 Å². The van der Waals surface area contributed by atoms with Crippen LogP contribution >= 0.6 is 0 Å². The lowest BCUT2D eigenvalue weighted by Crippen LogP contribution is -2.52. The monoisotopic (exact) mass is 251 g/mol. The first-order chi connectivity index (χ1) is 8.59. The Morgan fingerprint density at radius 2 is 2.11 bits per heavy atom. The van der Waals surface area contributed by atoms with Crippen LogP contribution in [-0.4, -0.2) is 17.3 Å². The number of benzene rings is 1. The minimum absolute atomic E-state index is 0.0485. The predicted molar refractivity (Wildman–Crippen MR) is 72.0 cm³/mol. The van der Waals surface area contributed by atoms with Crippen LogP contribution in [0.5, 0.6) is 0 Å². The van der Waals surface area contributed by atoms with Gasteiger partial charge in [0.2, 0.25) is 0 Å². The summed E-state index contributed by atoms with van der Waals surface area (Å²) in [7, 11) is 0. The number of nitrogens with one attached hydrogen (secondary N) is 1. The van der Waals surface area contributed by atoms with Crippen molar-refractivity contribution in [3.8, 4) is 0 Å². The standard InChI is InChI=1S/C15H22FNO/c1-11-6-5-9-15(10-18,12(11)2)17-14-8-4-3-7-13(14)16/h3-4,7-8,11-12,17-18H,5-6,9-10H2,1-2H3. The number of hydrogen-bond donors (Lipinski definition) is 2. The SMILES string of the molecule is CC1CCCC(CO)(Nc2ccccc2F)C1C. The maximum atomic E-state index is 13.7. The zero-order valence-electron chi connectivity index (χ0n) is 11.1. The Balaban J connectivity index is 2.25. The first-order valence-electron chi connectivity index (χ1n) is 6.72. The van der Waals surface area contributed by atoms with Gasteiger partial charge < -0.3 is 10.4 Å². The molecule has 2 N–H and O–H groups in total. The number of hydrogen-bond acceptors (Lipinski definition) is 2.